The molecule has 0 saturated carbocycles. The molecule has 9 nitrogen and oxygen atoms in total. The topological polar surface area (TPSA) is 90.5 Å². The third-order valence-electron chi connectivity index (χ3n) is 8.90. The fraction of sp³-hybridized carbons (Fsp3) is 0.639. The predicted octanol–water partition coefficient (Wildman–Crippen LogP) is 5.06. The Hall–Kier alpha value is -2.69. The van der Waals surface area contributed by atoms with Gasteiger partial charge in [0.05, 0.1) is 44.3 Å². The van der Waals surface area contributed by atoms with Crippen LogP contribution < -0.4 is 20.3 Å². The second kappa shape index (κ2) is 17.3. The third kappa shape index (κ3) is 10.1. The SMILES string of the molecule is CCO[C@@H](C)COCc1ccc([C@H]2CC(CC(C)(C)C(=O)NC)NC[C@@H]2OCc2ccc3c(c2)N(CCCOC)CCO3)cc1. The Morgan fingerprint density at radius 3 is 2.67 bits per heavy atom. The van der Waals surface area contributed by atoms with E-state index >= 15 is 0 Å². The Bertz CT molecular complexity index is 1190. The highest BCUT2D eigenvalue weighted by Crippen LogP contribution is 2.36. The molecule has 1 amide bonds. The number of anilines is 1. The number of carbonyl (C=O) groups excluding carboxylic acids is 1. The fourth-order valence-electron chi connectivity index (χ4n) is 6.47. The maximum absolute atomic E-state index is 12.6. The van der Waals surface area contributed by atoms with Crippen molar-refractivity contribution in [1.82, 2.24) is 10.6 Å². The van der Waals surface area contributed by atoms with E-state index in [2.05, 4.69) is 58.0 Å². The average Bonchev–Trinajstić information content (AvgIpc) is 3.04. The lowest BCUT2D eigenvalue weighted by atomic mass is 9.77. The molecule has 2 aromatic carbocycles. The molecule has 0 aromatic heterocycles. The second-order valence-electron chi connectivity index (χ2n) is 13.0. The Labute approximate surface area is 270 Å². The van der Waals surface area contributed by atoms with E-state index < -0.39 is 5.41 Å². The molecule has 0 spiro atoms. The van der Waals surface area contributed by atoms with Crippen molar-refractivity contribution >= 4 is 11.6 Å². The van der Waals surface area contributed by atoms with Crippen molar-refractivity contribution in [2.45, 2.75) is 84.3 Å². The Morgan fingerprint density at radius 1 is 1.16 bits per heavy atom. The molecular weight excluding hydrogens is 570 g/mol. The molecule has 0 bridgehead atoms. The lowest BCUT2D eigenvalue weighted by Crippen LogP contribution is -2.50. The van der Waals surface area contributed by atoms with Gasteiger partial charge in [-0.3, -0.25) is 4.79 Å². The summed E-state index contributed by atoms with van der Waals surface area (Å²) in [6, 6.07) is 15.3. The number of ether oxygens (including phenoxy) is 5. The minimum Gasteiger partial charge on any atom is -0.490 e. The highest BCUT2D eigenvalue weighted by Gasteiger charge is 2.37. The summed E-state index contributed by atoms with van der Waals surface area (Å²) >= 11 is 0. The van der Waals surface area contributed by atoms with Crippen LogP contribution in [0.3, 0.4) is 0 Å². The largest absolute Gasteiger partial charge is 0.490 e. The van der Waals surface area contributed by atoms with E-state index in [1.807, 2.05) is 27.7 Å². The summed E-state index contributed by atoms with van der Waals surface area (Å²) in [5.41, 5.74) is 4.18. The van der Waals surface area contributed by atoms with E-state index in [9.17, 15) is 4.79 Å². The quantitative estimate of drug-likeness (QED) is 0.236. The molecule has 250 valence electrons. The van der Waals surface area contributed by atoms with Crippen molar-refractivity contribution in [2.75, 3.05) is 65.1 Å². The van der Waals surface area contributed by atoms with Gasteiger partial charge in [-0.15, -0.1) is 0 Å². The van der Waals surface area contributed by atoms with Crippen LogP contribution in [0.15, 0.2) is 42.5 Å². The van der Waals surface area contributed by atoms with E-state index in [0.29, 0.717) is 33.0 Å². The van der Waals surface area contributed by atoms with Crippen LogP contribution in [0, 0.1) is 5.41 Å². The van der Waals surface area contributed by atoms with Gasteiger partial charge in [-0.1, -0.05) is 44.2 Å². The molecule has 4 atom stereocenters. The van der Waals surface area contributed by atoms with Crippen LogP contribution in [-0.4, -0.2) is 84.4 Å². The molecule has 2 heterocycles. The summed E-state index contributed by atoms with van der Waals surface area (Å²) < 4.78 is 29.4. The van der Waals surface area contributed by atoms with E-state index in [4.69, 9.17) is 23.7 Å². The number of benzene rings is 2. The lowest BCUT2D eigenvalue weighted by molar-refractivity contribution is -0.129. The van der Waals surface area contributed by atoms with Gasteiger partial charge in [-0.05, 0) is 61.9 Å². The minimum absolute atomic E-state index is 0.0106. The number of rotatable bonds is 17. The molecule has 9 heteroatoms. The Morgan fingerprint density at radius 2 is 1.93 bits per heavy atom. The van der Waals surface area contributed by atoms with Crippen molar-refractivity contribution in [1.29, 1.82) is 0 Å². The van der Waals surface area contributed by atoms with Gasteiger partial charge in [0, 0.05) is 57.8 Å². The van der Waals surface area contributed by atoms with Crippen LogP contribution in [0.4, 0.5) is 5.69 Å². The molecule has 2 aromatic rings. The van der Waals surface area contributed by atoms with Gasteiger partial charge >= 0.3 is 0 Å². The van der Waals surface area contributed by atoms with Crippen LogP contribution >= 0.6 is 0 Å². The van der Waals surface area contributed by atoms with Crippen molar-refractivity contribution in [3.05, 3.63) is 59.2 Å². The zero-order chi connectivity index (χ0) is 32.2. The van der Waals surface area contributed by atoms with E-state index in [1.165, 1.54) is 5.56 Å². The summed E-state index contributed by atoms with van der Waals surface area (Å²) in [5, 5.41) is 6.54. The molecule has 0 aliphatic carbocycles. The van der Waals surface area contributed by atoms with Crippen LogP contribution in [0.1, 0.15) is 69.6 Å². The number of nitrogens with one attached hydrogen (secondary N) is 2. The third-order valence-corrected chi connectivity index (χ3v) is 8.90. The summed E-state index contributed by atoms with van der Waals surface area (Å²) in [6.07, 6.45) is 2.69. The van der Waals surface area contributed by atoms with Gasteiger partial charge in [0.15, 0.2) is 0 Å². The maximum Gasteiger partial charge on any atom is 0.225 e. The monoisotopic (exact) mass is 625 g/mol. The van der Waals surface area contributed by atoms with Gasteiger partial charge in [0.1, 0.15) is 12.4 Å². The van der Waals surface area contributed by atoms with Crippen LogP contribution in [0.25, 0.3) is 0 Å². The number of methoxy groups -OCH3 is 1. The average molecular weight is 626 g/mol. The molecule has 2 aliphatic heterocycles. The smallest absolute Gasteiger partial charge is 0.225 e. The normalized spacial score (nSPS) is 20.8. The first-order valence-electron chi connectivity index (χ1n) is 16.6. The number of amides is 1. The summed E-state index contributed by atoms with van der Waals surface area (Å²) in [5.74, 6) is 1.18. The van der Waals surface area contributed by atoms with Crippen LogP contribution in [-0.2, 0) is 37.0 Å². The first kappa shape index (κ1) is 35.2. The molecule has 2 N–H and O–H groups in total. The molecular formula is C36H55N3O6. The van der Waals surface area contributed by atoms with Gasteiger partial charge in [0.2, 0.25) is 5.91 Å². The van der Waals surface area contributed by atoms with Gasteiger partial charge < -0.3 is 39.2 Å². The standard InChI is InChI=1S/C36H55N3O6/c1-7-43-26(2)23-42-24-27-9-12-29(13-10-27)31-20-30(21-36(3,4)35(40)37-5)38-22-34(31)45-25-28-11-14-33-32(19-28)39(16-18-44-33)15-8-17-41-6/h9-14,19,26,30-31,34,38H,7-8,15-18,20-25H2,1-6H3,(H,37,40)/t26-,30?,31+,34-/m0/s1. The zero-order valence-electron chi connectivity index (χ0n) is 28.2. The highest BCUT2D eigenvalue weighted by molar-refractivity contribution is 5.81. The summed E-state index contributed by atoms with van der Waals surface area (Å²) in [6.45, 7) is 14.4. The first-order valence-corrected chi connectivity index (χ1v) is 16.6. The molecule has 4 rings (SSSR count). The second-order valence-corrected chi connectivity index (χ2v) is 13.0. The zero-order valence-corrected chi connectivity index (χ0v) is 28.2. The maximum atomic E-state index is 12.6. The van der Waals surface area contributed by atoms with Gasteiger partial charge in [0.25, 0.3) is 0 Å². The van der Waals surface area contributed by atoms with E-state index in [1.54, 1.807) is 14.2 Å². The molecule has 1 fully saturated rings. The number of nitrogens with zero attached hydrogens (tertiary/aromatic N) is 1. The molecule has 45 heavy (non-hydrogen) atoms. The van der Waals surface area contributed by atoms with E-state index in [-0.39, 0.29) is 30.1 Å². The number of hydrogen-bond acceptors (Lipinski definition) is 8. The van der Waals surface area contributed by atoms with Crippen molar-refractivity contribution in [3.63, 3.8) is 0 Å². The molecule has 2 aliphatic rings. The minimum atomic E-state index is -0.467. The predicted molar refractivity (Wildman–Crippen MR) is 178 cm³/mol. The Kier molecular flexibility index (Phi) is 13.5. The number of carbonyl (C=O) groups is 1. The summed E-state index contributed by atoms with van der Waals surface area (Å²) in [4.78, 5) is 15.0. The number of fused-ring (bicyclic) bond motifs is 1. The number of piperidine rings is 1. The van der Waals surface area contributed by atoms with Crippen molar-refractivity contribution < 1.29 is 28.5 Å². The van der Waals surface area contributed by atoms with Crippen LogP contribution in [0.2, 0.25) is 0 Å². The molecule has 0 radical (unpaired) electrons. The number of hydrogen-bond donors (Lipinski definition) is 2. The summed E-state index contributed by atoms with van der Waals surface area (Å²) in [7, 11) is 3.45. The highest BCUT2D eigenvalue weighted by atomic mass is 16.5. The van der Waals surface area contributed by atoms with Gasteiger partial charge in [-0.2, -0.15) is 0 Å². The Balaban J connectivity index is 1.45. The first-order chi connectivity index (χ1) is 21.7. The fourth-order valence-corrected chi connectivity index (χ4v) is 6.47. The molecule has 1 saturated heterocycles. The van der Waals surface area contributed by atoms with Crippen LogP contribution in [0.5, 0.6) is 5.75 Å². The lowest BCUT2D eigenvalue weighted by Gasteiger charge is -2.40. The van der Waals surface area contributed by atoms with Crippen molar-refractivity contribution in [3.8, 4) is 5.75 Å². The van der Waals surface area contributed by atoms with Gasteiger partial charge in [-0.25, -0.2) is 0 Å². The van der Waals surface area contributed by atoms with E-state index in [0.717, 1.165) is 68.1 Å². The molecule has 1 unspecified atom stereocenters. The van der Waals surface area contributed by atoms with Crippen molar-refractivity contribution in [2.24, 2.45) is 5.41 Å².